The first-order valence-electron chi connectivity index (χ1n) is 6.87. The summed E-state index contributed by atoms with van der Waals surface area (Å²) < 4.78 is 23.1. The zero-order valence-corrected chi connectivity index (χ0v) is 12.0. The van der Waals surface area contributed by atoms with Crippen LogP contribution in [-0.4, -0.2) is 17.5 Å². The smallest absolute Gasteiger partial charge is 0.417 e. The predicted octanol–water partition coefficient (Wildman–Crippen LogP) is 1.96. The minimum absolute atomic E-state index is 0.214. The van der Waals surface area contributed by atoms with E-state index in [1.54, 1.807) is 24.3 Å². The van der Waals surface area contributed by atoms with Crippen molar-refractivity contribution in [3.63, 3.8) is 0 Å². The van der Waals surface area contributed by atoms with E-state index in [0.29, 0.717) is 11.1 Å². The molecule has 118 valence electrons. The third-order valence-corrected chi connectivity index (χ3v) is 3.14. The molecule has 6 nitrogen and oxygen atoms in total. The maximum absolute atomic E-state index is 13.0. The fourth-order valence-electron chi connectivity index (χ4n) is 2.07. The number of carbonyl (C=O) groups excluding carboxylic acids is 1. The molecule has 3 aromatic rings. The Morgan fingerprint density at radius 2 is 2.13 bits per heavy atom. The molecular weight excluding hydrogens is 303 g/mol. The van der Waals surface area contributed by atoms with Crippen LogP contribution in [0.5, 0.6) is 5.75 Å². The number of H-pyrrole nitrogens is 1. The van der Waals surface area contributed by atoms with E-state index in [4.69, 9.17) is 9.15 Å². The number of rotatable bonds is 5. The van der Waals surface area contributed by atoms with Gasteiger partial charge in [0, 0.05) is 12.6 Å². The quantitative estimate of drug-likeness (QED) is 0.753. The van der Waals surface area contributed by atoms with E-state index in [9.17, 15) is 14.0 Å². The zero-order chi connectivity index (χ0) is 16.2. The number of oxazole rings is 1. The van der Waals surface area contributed by atoms with Gasteiger partial charge in [0.1, 0.15) is 11.6 Å². The predicted molar refractivity (Wildman–Crippen MR) is 80.6 cm³/mol. The lowest BCUT2D eigenvalue weighted by Gasteiger charge is -2.07. The Kier molecular flexibility index (Phi) is 4.09. The second kappa shape index (κ2) is 6.35. The monoisotopic (exact) mass is 316 g/mol. The third-order valence-electron chi connectivity index (χ3n) is 3.14. The molecule has 2 N–H and O–H groups in total. The van der Waals surface area contributed by atoms with Crippen LogP contribution in [0.25, 0.3) is 11.1 Å². The summed E-state index contributed by atoms with van der Waals surface area (Å²) in [5.74, 6) is -0.998. The van der Waals surface area contributed by atoms with Crippen LogP contribution < -0.4 is 15.8 Å². The van der Waals surface area contributed by atoms with Crippen LogP contribution in [0, 0.1) is 5.82 Å². The molecule has 0 atom stereocenters. The van der Waals surface area contributed by atoms with E-state index in [0.717, 1.165) is 5.56 Å². The van der Waals surface area contributed by atoms with Crippen molar-refractivity contribution in [3.8, 4) is 5.75 Å². The minimum atomic E-state index is -0.523. The fourth-order valence-corrected chi connectivity index (χ4v) is 2.07. The number of fused-ring (bicyclic) bond motifs is 1. The Labute approximate surface area is 129 Å². The standard InChI is InChI=1S/C16H13FN2O4/c17-11-2-1-3-12(7-11)22-9-15(20)18-8-10-4-5-14-13(6-10)19-16(21)23-14/h1-7H,8-9H2,(H,18,20)(H,19,21). The fraction of sp³-hybridized carbons (Fsp3) is 0.125. The van der Waals surface area contributed by atoms with Crippen LogP contribution >= 0.6 is 0 Å². The molecule has 23 heavy (non-hydrogen) atoms. The molecule has 1 heterocycles. The lowest BCUT2D eigenvalue weighted by atomic mass is 10.2. The number of halogens is 1. The summed E-state index contributed by atoms with van der Waals surface area (Å²) in [6.45, 7) is 0.0583. The Morgan fingerprint density at radius 1 is 1.26 bits per heavy atom. The van der Waals surface area contributed by atoms with Crippen LogP contribution in [0.1, 0.15) is 5.56 Å². The van der Waals surface area contributed by atoms with Crippen LogP contribution in [0.3, 0.4) is 0 Å². The number of aromatic nitrogens is 1. The molecule has 0 aliphatic carbocycles. The van der Waals surface area contributed by atoms with Gasteiger partial charge in [0.2, 0.25) is 0 Å². The Balaban J connectivity index is 1.54. The first kappa shape index (κ1) is 14.8. The lowest BCUT2D eigenvalue weighted by molar-refractivity contribution is -0.123. The van der Waals surface area contributed by atoms with Gasteiger partial charge in [-0.2, -0.15) is 0 Å². The molecule has 1 aromatic heterocycles. The number of carbonyl (C=O) groups is 1. The highest BCUT2D eigenvalue weighted by Gasteiger charge is 2.06. The maximum Gasteiger partial charge on any atom is 0.417 e. The van der Waals surface area contributed by atoms with Crippen molar-refractivity contribution in [1.82, 2.24) is 10.3 Å². The summed E-state index contributed by atoms with van der Waals surface area (Å²) in [5.41, 5.74) is 1.82. The normalized spacial score (nSPS) is 10.7. The molecule has 0 saturated carbocycles. The molecule has 2 aromatic carbocycles. The van der Waals surface area contributed by atoms with Gasteiger partial charge < -0.3 is 14.5 Å². The van der Waals surface area contributed by atoms with Gasteiger partial charge in [-0.3, -0.25) is 9.78 Å². The van der Waals surface area contributed by atoms with E-state index < -0.39 is 11.6 Å². The highest BCUT2D eigenvalue weighted by atomic mass is 19.1. The summed E-state index contributed by atoms with van der Waals surface area (Å²) in [7, 11) is 0. The number of benzene rings is 2. The van der Waals surface area contributed by atoms with E-state index >= 15 is 0 Å². The maximum atomic E-state index is 13.0. The molecule has 7 heteroatoms. The largest absolute Gasteiger partial charge is 0.484 e. The van der Waals surface area contributed by atoms with Gasteiger partial charge in [-0.1, -0.05) is 12.1 Å². The van der Waals surface area contributed by atoms with Gasteiger partial charge in [0.25, 0.3) is 5.91 Å². The second-order valence-electron chi connectivity index (χ2n) is 4.87. The molecule has 0 spiro atoms. The number of nitrogens with one attached hydrogen (secondary N) is 2. The summed E-state index contributed by atoms with van der Waals surface area (Å²) in [5, 5.41) is 2.68. The topological polar surface area (TPSA) is 84.3 Å². The van der Waals surface area contributed by atoms with Crippen molar-refractivity contribution in [3.05, 3.63) is 64.4 Å². The number of hydrogen-bond acceptors (Lipinski definition) is 4. The van der Waals surface area contributed by atoms with Crippen molar-refractivity contribution in [2.45, 2.75) is 6.54 Å². The van der Waals surface area contributed by atoms with Gasteiger partial charge in [-0.05, 0) is 29.8 Å². The van der Waals surface area contributed by atoms with E-state index in [1.165, 1.54) is 18.2 Å². The van der Waals surface area contributed by atoms with E-state index in [-0.39, 0.29) is 24.8 Å². The van der Waals surface area contributed by atoms with E-state index in [1.807, 2.05) is 0 Å². The van der Waals surface area contributed by atoms with E-state index in [2.05, 4.69) is 10.3 Å². The minimum Gasteiger partial charge on any atom is -0.484 e. The zero-order valence-electron chi connectivity index (χ0n) is 12.0. The van der Waals surface area contributed by atoms with Gasteiger partial charge in [-0.25, -0.2) is 9.18 Å². The van der Waals surface area contributed by atoms with Gasteiger partial charge in [-0.15, -0.1) is 0 Å². The molecule has 0 unspecified atom stereocenters. The van der Waals surface area contributed by atoms with Crippen molar-refractivity contribution in [1.29, 1.82) is 0 Å². The summed E-state index contributed by atoms with van der Waals surface area (Å²) in [6.07, 6.45) is 0. The Bertz CT molecular complexity index is 900. The average molecular weight is 316 g/mol. The molecule has 0 fully saturated rings. The van der Waals surface area contributed by atoms with Crippen LogP contribution in [0.4, 0.5) is 4.39 Å². The molecule has 0 bridgehead atoms. The first-order chi connectivity index (χ1) is 11.1. The van der Waals surface area contributed by atoms with Gasteiger partial charge in [0.15, 0.2) is 12.2 Å². The number of amides is 1. The molecular formula is C16H13FN2O4. The van der Waals surface area contributed by atoms with Gasteiger partial charge >= 0.3 is 5.76 Å². The third kappa shape index (κ3) is 3.76. The number of ether oxygens (including phenoxy) is 1. The molecule has 0 saturated heterocycles. The van der Waals surface area contributed by atoms with Crippen LogP contribution in [0.15, 0.2) is 51.7 Å². The first-order valence-corrected chi connectivity index (χ1v) is 6.87. The molecule has 3 rings (SSSR count). The summed E-state index contributed by atoms with van der Waals surface area (Å²) in [4.78, 5) is 25.4. The summed E-state index contributed by atoms with van der Waals surface area (Å²) >= 11 is 0. The van der Waals surface area contributed by atoms with Crippen molar-refractivity contribution in [2.24, 2.45) is 0 Å². The molecule has 0 aliphatic rings. The lowest BCUT2D eigenvalue weighted by Crippen LogP contribution is -2.28. The molecule has 0 radical (unpaired) electrons. The van der Waals surface area contributed by atoms with Crippen molar-refractivity contribution in [2.75, 3.05) is 6.61 Å². The van der Waals surface area contributed by atoms with Crippen molar-refractivity contribution >= 4 is 17.0 Å². The molecule has 1 amide bonds. The van der Waals surface area contributed by atoms with Crippen LogP contribution in [0.2, 0.25) is 0 Å². The van der Waals surface area contributed by atoms with Crippen LogP contribution in [-0.2, 0) is 11.3 Å². The Morgan fingerprint density at radius 3 is 2.96 bits per heavy atom. The highest BCUT2D eigenvalue weighted by molar-refractivity contribution is 5.78. The second-order valence-corrected chi connectivity index (χ2v) is 4.87. The molecule has 0 aliphatic heterocycles. The van der Waals surface area contributed by atoms with Crippen molar-refractivity contribution < 1.29 is 18.3 Å². The highest BCUT2D eigenvalue weighted by Crippen LogP contribution is 2.13. The number of aromatic amines is 1. The SMILES string of the molecule is O=C(COc1cccc(F)c1)NCc1ccc2oc(=O)[nH]c2c1. The number of hydrogen-bond donors (Lipinski definition) is 2. The van der Waals surface area contributed by atoms with Gasteiger partial charge in [0.05, 0.1) is 5.52 Å². The Hall–Kier alpha value is -3.09. The summed E-state index contributed by atoms with van der Waals surface area (Å²) in [6, 6.07) is 10.7. The average Bonchev–Trinajstić information content (AvgIpc) is 2.90.